The van der Waals surface area contributed by atoms with Gasteiger partial charge in [-0.3, -0.25) is 14.8 Å². The molecule has 0 aliphatic carbocycles. The van der Waals surface area contributed by atoms with Gasteiger partial charge in [-0.05, 0) is 18.6 Å². The molecule has 0 saturated heterocycles. The number of carbonyl (C=O) groups is 1. The summed E-state index contributed by atoms with van der Waals surface area (Å²) in [5.41, 5.74) is 2.19. The van der Waals surface area contributed by atoms with Crippen LogP contribution in [0.3, 0.4) is 0 Å². The zero-order valence-electron chi connectivity index (χ0n) is 13.3. The predicted molar refractivity (Wildman–Crippen MR) is 94.7 cm³/mol. The molecule has 0 unspecified atom stereocenters. The number of benzene rings is 1. The second-order valence-electron chi connectivity index (χ2n) is 5.34. The Hall–Kier alpha value is -2.60. The van der Waals surface area contributed by atoms with E-state index in [1.54, 1.807) is 18.6 Å². The fourth-order valence-corrected chi connectivity index (χ4v) is 3.27. The lowest BCUT2D eigenvalue weighted by molar-refractivity contribution is 0.0934. The second kappa shape index (κ2) is 7.79. The zero-order valence-corrected chi connectivity index (χ0v) is 14.2. The van der Waals surface area contributed by atoms with Gasteiger partial charge < -0.3 is 5.32 Å². The summed E-state index contributed by atoms with van der Waals surface area (Å²) in [5, 5.41) is 5.93. The number of amides is 1. The highest BCUT2D eigenvalue weighted by Gasteiger charge is 2.19. The van der Waals surface area contributed by atoms with E-state index in [9.17, 15) is 4.79 Å². The summed E-state index contributed by atoms with van der Waals surface area (Å²) < 4.78 is 0. The molecule has 6 heteroatoms. The van der Waals surface area contributed by atoms with Gasteiger partial charge in [0.25, 0.3) is 5.91 Å². The standard InChI is InChI=1S/C18H18N4OS/c1-2-6-14(21-17(23)13-7-4-3-5-8-13)18-22-16(12-24-18)15-11-19-9-10-20-15/h3-5,7-12,14H,2,6H2,1H3,(H,21,23)/t14-/m1/s1. The van der Waals surface area contributed by atoms with E-state index in [1.165, 1.54) is 11.3 Å². The minimum absolute atomic E-state index is 0.0784. The highest BCUT2D eigenvalue weighted by molar-refractivity contribution is 7.10. The number of nitrogens with zero attached hydrogens (tertiary/aromatic N) is 3. The van der Waals surface area contributed by atoms with Crippen molar-refractivity contribution in [2.45, 2.75) is 25.8 Å². The lowest BCUT2D eigenvalue weighted by Gasteiger charge is -2.15. The fraction of sp³-hybridized carbons (Fsp3) is 0.222. The molecule has 1 atom stereocenters. The van der Waals surface area contributed by atoms with Gasteiger partial charge in [0, 0.05) is 23.3 Å². The fourth-order valence-electron chi connectivity index (χ4n) is 2.37. The van der Waals surface area contributed by atoms with Crippen molar-refractivity contribution in [1.29, 1.82) is 0 Å². The molecule has 5 nitrogen and oxygen atoms in total. The first kappa shape index (κ1) is 16.3. The third-order valence-corrected chi connectivity index (χ3v) is 4.52. The van der Waals surface area contributed by atoms with Crippen LogP contribution in [0.1, 0.15) is 41.2 Å². The Morgan fingerprint density at radius 2 is 2.04 bits per heavy atom. The number of hydrogen-bond acceptors (Lipinski definition) is 5. The summed E-state index contributed by atoms with van der Waals surface area (Å²) in [6, 6.07) is 9.14. The van der Waals surface area contributed by atoms with Crippen molar-refractivity contribution in [3.63, 3.8) is 0 Å². The molecule has 0 bridgehead atoms. The van der Waals surface area contributed by atoms with Crippen molar-refractivity contribution in [3.05, 3.63) is 64.9 Å². The van der Waals surface area contributed by atoms with Crippen molar-refractivity contribution >= 4 is 17.2 Å². The number of nitrogens with one attached hydrogen (secondary N) is 1. The maximum absolute atomic E-state index is 12.4. The highest BCUT2D eigenvalue weighted by atomic mass is 32.1. The second-order valence-corrected chi connectivity index (χ2v) is 6.23. The topological polar surface area (TPSA) is 67.8 Å². The van der Waals surface area contributed by atoms with E-state index < -0.39 is 0 Å². The van der Waals surface area contributed by atoms with Crippen molar-refractivity contribution in [2.75, 3.05) is 0 Å². The summed E-state index contributed by atoms with van der Waals surface area (Å²) in [6.45, 7) is 2.10. The van der Waals surface area contributed by atoms with E-state index in [4.69, 9.17) is 0 Å². The molecule has 2 heterocycles. The van der Waals surface area contributed by atoms with Crippen molar-refractivity contribution in [1.82, 2.24) is 20.3 Å². The van der Waals surface area contributed by atoms with E-state index in [0.29, 0.717) is 5.56 Å². The molecule has 3 aromatic rings. The van der Waals surface area contributed by atoms with Crippen molar-refractivity contribution < 1.29 is 4.79 Å². The summed E-state index contributed by atoms with van der Waals surface area (Å²) in [7, 11) is 0. The predicted octanol–water partition coefficient (Wildman–Crippen LogP) is 3.87. The van der Waals surface area contributed by atoms with Crippen molar-refractivity contribution in [3.8, 4) is 11.4 Å². The summed E-state index contributed by atoms with van der Waals surface area (Å²) in [6.07, 6.45) is 6.77. The zero-order chi connectivity index (χ0) is 16.8. The summed E-state index contributed by atoms with van der Waals surface area (Å²) in [5.74, 6) is -0.0784. The molecule has 0 aliphatic rings. The van der Waals surface area contributed by atoms with Crippen LogP contribution < -0.4 is 5.32 Å². The van der Waals surface area contributed by atoms with Crippen LogP contribution in [-0.4, -0.2) is 20.9 Å². The molecule has 1 aromatic carbocycles. The third kappa shape index (κ3) is 3.83. The number of carbonyl (C=O) groups excluding carboxylic acids is 1. The minimum Gasteiger partial charge on any atom is -0.343 e. The largest absolute Gasteiger partial charge is 0.343 e. The van der Waals surface area contributed by atoms with E-state index in [0.717, 1.165) is 29.2 Å². The first-order valence-electron chi connectivity index (χ1n) is 7.85. The van der Waals surface area contributed by atoms with Gasteiger partial charge in [-0.15, -0.1) is 11.3 Å². The maximum Gasteiger partial charge on any atom is 0.251 e. The van der Waals surface area contributed by atoms with Crippen LogP contribution in [-0.2, 0) is 0 Å². The normalized spacial score (nSPS) is 11.9. The Labute approximate surface area is 144 Å². The van der Waals surface area contributed by atoms with E-state index in [2.05, 4.69) is 27.2 Å². The molecule has 0 fully saturated rings. The van der Waals surface area contributed by atoms with Gasteiger partial charge in [-0.2, -0.15) is 0 Å². The van der Waals surface area contributed by atoms with Crippen molar-refractivity contribution in [2.24, 2.45) is 0 Å². The van der Waals surface area contributed by atoms with E-state index in [1.807, 2.05) is 35.7 Å². The molecular formula is C18H18N4OS. The van der Waals surface area contributed by atoms with Crippen LogP contribution in [0.5, 0.6) is 0 Å². The average Bonchev–Trinajstić information content (AvgIpc) is 3.13. The molecule has 1 N–H and O–H groups in total. The first-order valence-corrected chi connectivity index (χ1v) is 8.73. The van der Waals surface area contributed by atoms with E-state index >= 15 is 0 Å². The molecule has 2 aromatic heterocycles. The third-order valence-electron chi connectivity index (χ3n) is 3.56. The minimum atomic E-state index is -0.0990. The Morgan fingerprint density at radius 1 is 1.21 bits per heavy atom. The van der Waals surface area contributed by atoms with E-state index in [-0.39, 0.29) is 11.9 Å². The lowest BCUT2D eigenvalue weighted by atomic mass is 10.1. The summed E-state index contributed by atoms with van der Waals surface area (Å²) in [4.78, 5) is 25.4. The molecule has 0 aliphatic heterocycles. The Morgan fingerprint density at radius 3 is 2.75 bits per heavy atom. The smallest absolute Gasteiger partial charge is 0.251 e. The maximum atomic E-state index is 12.4. The SMILES string of the molecule is CCC[C@@H](NC(=O)c1ccccc1)c1nc(-c2cnccn2)cs1. The molecule has 0 spiro atoms. The average molecular weight is 338 g/mol. The van der Waals surface area contributed by atoms with Gasteiger partial charge in [0.1, 0.15) is 16.4 Å². The number of thiazole rings is 1. The molecule has 0 saturated carbocycles. The van der Waals surface area contributed by atoms with Crippen LogP contribution in [0.25, 0.3) is 11.4 Å². The Bertz CT molecular complexity index is 789. The number of aromatic nitrogens is 3. The molecule has 122 valence electrons. The number of rotatable bonds is 6. The van der Waals surface area contributed by atoms with Gasteiger partial charge in [0.2, 0.25) is 0 Å². The monoisotopic (exact) mass is 338 g/mol. The van der Waals surface area contributed by atoms with Crippen LogP contribution in [0.4, 0.5) is 0 Å². The summed E-state index contributed by atoms with van der Waals surface area (Å²) >= 11 is 1.54. The molecule has 1 amide bonds. The Kier molecular flexibility index (Phi) is 5.28. The van der Waals surface area contributed by atoms with Gasteiger partial charge in [0.15, 0.2) is 0 Å². The molecule has 0 radical (unpaired) electrons. The van der Waals surface area contributed by atoms with Crippen LogP contribution in [0, 0.1) is 0 Å². The van der Waals surface area contributed by atoms with Crippen LogP contribution >= 0.6 is 11.3 Å². The lowest BCUT2D eigenvalue weighted by Crippen LogP contribution is -2.28. The van der Waals surface area contributed by atoms with Crippen LogP contribution in [0.2, 0.25) is 0 Å². The van der Waals surface area contributed by atoms with Gasteiger partial charge >= 0.3 is 0 Å². The first-order chi connectivity index (χ1) is 11.8. The molecule has 3 rings (SSSR count). The molecular weight excluding hydrogens is 320 g/mol. The van der Waals surface area contributed by atoms with Gasteiger partial charge in [0.05, 0.1) is 12.2 Å². The number of hydrogen-bond donors (Lipinski definition) is 1. The Balaban J connectivity index is 1.79. The quantitative estimate of drug-likeness (QED) is 0.741. The van der Waals surface area contributed by atoms with Crippen LogP contribution in [0.15, 0.2) is 54.3 Å². The van der Waals surface area contributed by atoms with Gasteiger partial charge in [-0.1, -0.05) is 31.5 Å². The molecule has 24 heavy (non-hydrogen) atoms. The highest BCUT2D eigenvalue weighted by Crippen LogP contribution is 2.26. The van der Waals surface area contributed by atoms with Gasteiger partial charge in [-0.25, -0.2) is 4.98 Å².